The zero-order valence-corrected chi connectivity index (χ0v) is 27.1. The summed E-state index contributed by atoms with van der Waals surface area (Å²) in [5.41, 5.74) is 5.19. The molecule has 3 aromatic carbocycles. The van der Waals surface area contributed by atoms with Crippen LogP contribution in [-0.2, 0) is 24.3 Å². The monoisotopic (exact) mass is 621 g/mol. The van der Waals surface area contributed by atoms with Gasteiger partial charge in [-0.05, 0) is 92.7 Å². The van der Waals surface area contributed by atoms with Crippen LogP contribution in [0.5, 0.6) is 0 Å². The van der Waals surface area contributed by atoms with Crippen molar-refractivity contribution in [1.29, 1.82) is 0 Å². The zero-order chi connectivity index (χ0) is 31.9. The van der Waals surface area contributed by atoms with Crippen LogP contribution < -0.4 is 5.32 Å². The SMILES string of the molecule is CCN1CCCCNC(=O)[C@@H]2C[C@@H](CN2C(=O)c2ccc(CN3CCc4ccccc4C3)cc2)N(C(=O)c2ccccc2)CCC1. The molecular weight excluding hydrogens is 574 g/mol. The normalized spacial score (nSPS) is 21.7. The molecule has 3 amide bonds. The van der Waals surface area contributed by atoms with E-state index < -0.39 is 6.04 Å². The predicted molar refractivity (Wildman–Crippen MR) is 180 cm³/mol. The smallest absolute Gasteiger partial charge is 0.254 e. The molecule has 0 radical (unpaired) electrons. The highest BCUT2D eigenvalue weighted by Crippen LogP contribution is 2.27. The quantitative estimate of drug-likeness (QED) is 0.451. The maximum Gasteiger partial charge on any atom is 0.254 e. The maximum absolute atomic E-state index is 14.1. The lowest BCUT2D eigenvalue weighted by Gasteiger charge is -2.30. The fourth-order valence-corrected chi connectivity index (χ4v) is 7.26. The van der Waals surface area contributed by atoms with E-state index in [0.29, 0.717) is 37.2 Å². The number of amides is 3. The van der Waals surface area contributed by atoms with Crippen molar-refractivity contribution < 1.29 is 14.4 Å². The summed E-state index contributed by atoms with van der Waals surface area (Å²) in [5, 5.41) is 3.11. The first-order valence-corrected chi connectivity index (χ1v) is 17.0. The maximum atomic E-state index is 14.1. The van der Waals surface area contributed by atoms with Gasteiger partial charge in [0.1, 0.15) is 6.04 Å². The van der Waals surface area contributed by atoms with E-state index in [1.165, 1.54) is 11.1 Å². The number of hydrogen-bond acceptors (Lipinski definition) is 5. The highest BCUT2D eigenvalue weighted by Gasteiger charge is 2.43. The molecule has 8 heteroatoms. The summed E-state index contributed by atoms with van der Waals surface area (Å²) in [4.78, 5) is 50.0. The highest BCUT2D eigenvalue weighted by atomic mass is 16.2. The molecule has 3 aliphatic rings. The van der Waals surface area contributed by atoms with E-state index in [4.69, 9.17) is 0 Å². The van der Waals surface area contributed by atoms with Crippen LogP contribution >= 0.6 is 0 Å². The molecule has 242 valence electrons. The van der Waals surface area contributed by atoms with Gasteiger partial charge < -0.3 is 20.0 Å². The second-order valence-corrected chi connectivity index (χ2v) is 12.9. The van der Waals surface area contributed by atoms with Crippen LogP contribution in [0.2, 0.25) is 0 Å². The van der Waals surface area contributed by atoms with Gasteiger partial charge in [-0.1, -0.05) is 61.5 Å². The Balaban J connectivity index is 1.19. The van der Waals surface area contributed by atoms with Crippen molar-refractivity contribution >= 4 is 17.7 Å². The molecule has 0 aliphatic carbocycles. The number of carbonyl (C=O) groups is 3. The number of rotatable bonds is 5. The molecule has 3 heterocycles. The number of nitrogens with zero attached hydrogens (tertiary/aromatic N) is 4. The summed E-state index contributed by atoms with van der Waals surface area (Å²) >= 11 is 0. The number of likely N-dealkylation sites (tertiary alicyclic amines) is 1. The Morgan fingerprint density at radius 2 is 1.43 bits per heavy atom. The second-order valence-electron chi connectivity index (χ2n) is 12.9. The fraction of sp³-hybridized carbons (Fsp3) is 0.447. The first-order chi connectivity index (χ1) is 22.5. The van der Waals surface area contributed by atoms with Crippen LogP contribution in [0.15, 0.2) is 78.9 Å². The van der Waals surface area contributed by atoms with E-state index in [1.54, 1.807) is 4.90 Å². The lowest BCUT2D eigenvalue weighted by atomic mass is 9.99. The molecule has 3 aromatic rings. The van der Waals surface area contributed by atoms with Gasteiger partial charge >= 0.3 is 0 Å². The summed E-state index contributed by atoms with van der Waals surface area (Å²) in [6, 6.07) is 25.0. The Morgan fingerprint density at radius 1 is 0.739 bits per heavy atom. The van der Waals surface area contributed by atoms with Crippen molar-refractivity contribution in [3.63, 3.8) is 0 Å². The average Bonchev–Trinajstić information content (AvgIpc) is 3.54. The Labute approximate surface area is 273 Å². The summed E-state index contributed by atoms with van der Waals surface area (Å²) in [6.07, 6.45) is 4.22. The predicted octanol–water partition coefficient (Wildman–Crippen LogP) is 4.59. The number of carbonyl (C=O) groups excluding carboxylic acids is 3. The number of benzene rings is 3. The summed E-state index contributed by atoms with van der Waals surface area (Å²) in [5.74, 6) is -0.331. The fourth-order valence-electron chi connectivity index (χ4n) is 7.26. The first kappa shape index (κ1) is 32.0. The van der Waals surface area contributed by atoms with Gasteiger partial charge in [-0.15, -0.1) is 0 Å². The number of fused-ring (bicyclic) bond motifs is 3. The summed E-state index contributed by atoms with van der Waals surface area (Å²) in [7, 11) is 0. The van der Waals surface area contributed by atoms with E-state index in [2.05, 4.69) is 46.3 Å². The third-order valence-electron chi connectivity index (χ3n) is 9.90. The molecular formula is C38H47N5O3. The summed E-state index contributed by atoms with van der Waals surface area (Å²) in [6.45, 7) is 9.28. The minimum Gasteiger partial charge on any atom is -0.354 e. The van der Waals surface area contributed by atoms with Crippen LogP contribution in [0.1, 0.15) is 70.0 Å². The van der Waals surface area contributed by atoms with Gasteiger partial charge in [0.15, 0.2) is 0 Å². The van der Waals surface area contributed by atoms with Crippen molar-refractivity contribution in [3.05, 3.63) is 107 Å². The van der Waals surface area contributed by atoms with Gasteiger partial charge in [0.2, 0.25) is 5.91 Å². The van der Waals surface area contributed by atoms with Gasteiger partial charge in [0.25, 0.3) is 11.8 Å². The van der Waals surface area contributed by atoms with Crippen molar-refractivity contribution in [2.45, 2.75) is 64.2 Å². The lowest BCUT2D eigenvalue weighted by Crippen LogP contribution is -2.46. The largest absolute Gasteiger partial charge is 0.354 e. The molecule has 2 saturated heterocycles. The molecule has 0 spiro atoms. The minimum atomic E-state index is -0.619. The highest BCUT2D eigenvalue weighted by molar-refractivity contribution is 5.99. The third kappa shape index (κ3) is 7.51. The Hall–Kier alpha value is -4.01. The van der Waals surface area contributed by atoms with Crippen molar-refractivity contribution in [2.24, 2.45) is 0 Å². The van der Waals surface area contributed by atoms with Gasteiger partial charge in [0.05, 0.1) is 6.04 Å². The van der Waals surface area contributed by atoms with E-state index >= 15 is 0 Å². The van der Waals surface area contributed by atoms with Crippen LogP contribution in [0.4, 0.5) is 0 Å². The van der Waals surface area contributed by atoms with Gasteiger partial charge in [-0.25, -0.2) is 0 Å². The molecule has 2 atom stereocenters. The molecule has 2 bridgehead atoms. The van der Waals surface area contributed by atoms with Gasteiger partial charge in [0, 0.05) is 50.4 Å². The molecule has 3 aliphatic heterocycles. The molecule has 1 N–H and O–H groups in total. The van der Waals surface area contributed by atoms with E-state index in [9.17, 15) is 14.4 Å². The third-order valence-corrected chi connectivity index (χ3v) is 9.90. The van der Waals surface area contributed by atoms with E-state index in [-0.39, 0.29) is 23.8 Å². The standard InChI is InChI=1S/C38H47N5O3/c1-2-40-21-9-8-20-39-36(44)35-25-34(42(23-10-22-40)37(45)31-12-4-3-5-13-31)28-43(35)38(46)32-17-15-29(16-18-32)26-41-24-19-30-11-6-7-14-33(30)27-41/h3-7,11-18,34-35H,2,8-10,19-28H2,1H3,(H,39,44)/t34-,35-/m0/s1. The molecule has 8 nitrogen and oxygen atoms in total. The summed E-state index contributed by atoms with van der Waals surface area (Å²) < 4.78 is 0. The molecule has 0 saturated carbocycles. The molecule has 46 heavy (non-hydrogen) atoms. The average molecular weight is 622 g/mol. The van der Waals surface area contributed by atoms with Crippen molar-refractivity contribution in [1.82, 2.24) is 24.9 Å². The number of hydrogen-bond donors (Lipinski definition) is 1. The first-order valence-electron chi connectivity index (χ1n) is 17.0. The van der Waals surface area contributed by atoms with Crippen molar-refractivity contribution in [3.8, 4) is 0 Å². The molecule has 6 rings (SSSR count). The van der Waals surface area contributed by atoms with Crippen molar-refractivity contribution in [2.75, 3.05) is 45.8 Å². The minimum absolute atomic E-state index is 0.0427. The van der Waals surface area contributed by atoms with Gasteiger partial charge in [-0.2, -0.15) is 0 Å². The van der Waals surface area contributed by atoms with Crippen LogP contribution in [-0.4, -0.2) is 95.2 Å². The number of nitrogens with one attached hydrogen (secondary N) is 1. The second kappa shape index (κ2) is 15.1. The van der Waals surface area contributed by atoms with Crippen LogP contribution in [0.25, 0.3) is 0 Å². The zero-order valence-electron chi connectivity index (χ0n) is 27.1. The molecule has 2 fully saturated rings. The molecule has 0 unspecified atom stereocenters. The Kier molecular flexibility index (Phi) is 10.5. The van der Waals surface area contributed by atoms with E-state index in [1.807, 2.05) is 59.5 Å². The van der Waals surface area contributed by atoms with Crippen LogP contribution in [0.3, 0.4) is 0 Å². The lowest BCUT2D eigenvalue weighted by molar-refractivity contribution is -0.124. The van der Waals surface area contributed by atoms with Crippen LogP contribution in [0, 0.1) is 0 Å². The topological polar surface area (TPSA) is 76.2 Å². The Bertz CT molecular complexity index is 1490. The van der Waals surface area contributed by atoms with Gasteiger partial charge in [-0.3, -0.25) is 19.3 Å². The Morgan fingerprint density at radius 3 is 2.22 bits per heavy atom. The molecule has 0 aromatic heterocycles. The van der Waals surface area contributed by atoms with E-state index in [0.717, 1.165) is 70.5 Å².